The van der Waals surface area contributed by atoms with Gasteiger partial charge in [-0.3, -0.25) is 4.79 Å². The van der Waals surface area contributed by atoms with Crippen LogP contribution in [0.5, 0.6) is 0 Å². The van der Waals surface area contributed by atoms with Crippen LogP contribution in [0.3, 0.4) is 0 Å². The van der Waals surface area contributed by atoms with E-state index in [2.05, 4.69) is 10.6 Å². The zero-order chi connectivity index (χ0) is 11.8. The lowest BCUT2D eigenvalue weighted by Gasteiger charge is -2.22. The fraction of sp³-hybridized carbons (Fsp3) is 0.917. The summed E-state index contributed by atoms with van der Waals surface area (Å²) in [7, 11) is 0. The third-order valence-electron chi connectivity index (χ3n) is 2.73. The van der Waals surface area contributed by atoms with E-state index in [-0.39, 0.29) is 5.91 Å². The highest BCUT2D eigenvalue weighted by Gasteiger charge is 2.13. The summed E-state index contributed by atoms with van der Waals surface area (Å²) in [6.45, 7) is 6.08. The molecule has 1 atom stereocenters. The Bertz CT molecular complexity index is 201. The van der Waals surface area contributed by atoms with E-state index in [9.17, 15) is 4.79 Å². The van der Waals surface area contributed by atoms with Gasteiger partial charge in [-0.1, -0.05) is 13.8 Å². The zero-order valence-electron chi connectivity index (χ0n) is 10.4. The van der Waals surface area contributed by atoms with Gasteiger partial charge in [-0.25, -0.2) is 0 Å². The predicted octanol–water partition coefficient (Wildman–Crippen LogP) is 1.06. The molecule has 16 heavy (non-hydrogen) atoms. The van der Waals surface area contributed by atoms with Gasteiger partial charge in [-0.15, -0.1) is 0 Å². The molecule has 0 aliphatic carbocycles. The fourth-order valence-electron chi connectivity index (χ4n) is 1.77. The van der Waals surface area contributed by atoms with E-state index < -0.39 is 0 Å². The number of amides is 1. The lowest BCUT2D eigenvalue weighted by Crippen LogP contribution is -2.38. The molecule has 1 amide bonds. The summed E-state index contributed by atoms with van der Waals surface area (Å²) in [5.74, 6) is 0.0736. The summed E-state index contributed by atoms with van der Waals surface area (Å²) >= 11 is 0. The van der Waals surface area contributed by atoms with Gasteiger partial charge in [0.2, 0.25) is 5.91 Å². The lowest BCUT2D eigenvalue weighted by molar-refractivity contribution is -0.120. The Morgan fingerprint density at radius 1 is 1.44 bits per heavy atom. The molecule has 1 rings (SSSR count). The summed E-state index contributed by atoms with van der Waals surface area (Å²) in [4.78, 5) is 11.4. The summed E-state index contributed by atoms with van der Waals surface area (Å²) < 4.78 is 5.59. The molecule has 0 radical (unpaired) electrons. The largest absolute Gasteiger partial charge is 0.378 e. The molecule has 4 nitrogen and oxygen atoms in total. The quantitative estimate of drug-likeness (QED) is 0.714. The van der Waals surface area contributed by atoms with Crippen molar-refractivity contribution in [1.82, 2.24) is 10.6 Å². The zero-order valence-corrected chi connectivity index (χ0v) is 10.4. The Kier molecular flexibility index (Phi) is 6.42. The molecule has 94 valence electrons. The SMILES string of the molecule is CC(C)NCC(=O)NCCC1CCCCO1. The molecule has 0 aromatic heterocycles. The Morgan fingerprint density at radius 3 is 2.88 bits per heavy atom. The monoisotopic (exact) mass is 228 g/mol. The van der Waals surface area contributed by atoms with Crippen LogP contribution in [0, 0.1) is 0 Å². The number of ether oxygens (including phenoxy) is 1. The highest BCUT2D eigenvalue weighted by Crippen LogP contribution is 2.14. The minimum atomic E-state index is 0.0736. The first-order valence-electron chi connectivity index (χ1n) is 6.30. The second-order valence-corrected chi connectivity index (χ2v) is 4.66. The first-order chi connectivity index (χ1) is 7.68. The van der Waals surface area contributed by atoms with E-state index in [0.717, 1.165) is 26.0 Å². The number of carbonyl (C=O) groups is 1. The third kappa shape index (κ3) is 6.08. The van der Waals surface area contributed by atoms with Crippen LogP contribution in [0.15, 0.2) is 0 Å². The molecule has 2 N–H and O–H groups in total. The standard InChI is InChI=1S/C12H24N2O2/c1-10(2)14-9-12(15)13-7-6-11-5-3-4-8-16-11/h10-11,14H,3-9H2,1-2H3,(H,13,15). The van der Waals surface area contributed by atoms with E-state index in [1.165, 1.54) is 12.8 Å². The molecule has 1 saturated heterocycles. The van der Waals surface area contributed by atoms with Crippen LogP contribution in [0.2, 0.25) is 0 Å². The van der Waals surface area contributed by atoms with E-state index in [4.69, 9.17) is 4.74 Å². The fourth-order valence-corrected chi connectivity index (χ4v) is 1.77. The molecule has 1 unspecified atom stereocenters. The minimum absolute atomic E-state index is 0.0736. The van der Waals surface area contributed by atoms with Crippen molar-refractivity contribution >= 4 is 5.91 Å². The van der Waals surface area contributed by atoms with Crippen molar-refractivity contribution in [2.75, 3.05) is 19.7 Å². The van der Waals surface area contributed by atoms with Gasteiger partial charge in [-0.2, -0.15) is 0 Å². The van der Waals surface area contributed by atoms with Gasteiger partial charge in [0.05, 0.1) is 12.6 Å². The Balaban J connectivity index is 1.99. The van der Waals surface area contributed by atoms with Crippen LogP contribution in [0.25, 0.3) is 0 Å². The minimum Gasteiger partial charge on any atom is -0.378 e. The lowest BCUT2D eigenvalue weighted by atomic mass is 10.1. The molecule has 0 saturated carbocycles. The average Bonchev–Trinajstić information content (AvgIpc) is 2.28. The molecule has 1 aliphatic heterocycles. The van der Waals surface area contributed by atoms with Crippen LogP contribution in [0.1, 0.15) is 39.5 Å². The van der Waals surface area contributed by atoms with Crippen molar-refractivity contribution in [3.8, 4) is 0 Å². The smallest absolute Gasteiger partial charge is 0.233 e. The van der Waals surface area contributed by atoms with Gasteiger partial charge in [0.25, 0.3) is 0 Å². The average molecular weight is 228 g/mol. The number of nitrogens with one attached hydrogen (secondary N) is 2. The number of rotatable bonds is 6. The van der Waals surface area contributed by atoms with Crippen LogP contribution >= 0.6 is 0 Å². The predicted molar refractivity (Wildman–Crippen MR) is 64.4 cm³/mol. The van der Waals surface area contributed by atoms with E-state index >= 15 is 0 Å². The topological polar surface area (TPSA) is 50.4 Å². The number of carbonyl (C=O) groups excluding carboxylic acids is 1. The van der Waals surface area contributed by atoms with Gasteiger partial charge in [0.15, 0.2) is 0 Å². The second kappa shape index (κ2) is 7.63. The molecule has 0 spiro atoms. The highest BCUT2D eigenvalue weighted by atomic mass is 16.5. The molecule has 1 fully saturated rings. The Morgan fingerprint density at radius 2 is 2.25 bits per heavy atom. The maximum Gasteiger partial charge on any atom is 0.233 e. The maximum absolute atomic E-state index is 11.4. The summed E-state index contributed by atoms with van der Waals surface area (Å²) in [5, 5.41) is 5.99. The molecule has 4 heteroatoms. The Hall–Kier alpha value is -0.610. The van der Waals surface area contributed by atoms with Crippen LogP contribution < -0.4 is 10.6 Å². The van der Waals surface area contributed by atoms with Gasteiger partial charge in [0, 0.05) is 19.2 Å². The number of hydrogen-bond acceptors (Lipinski definition) is 3. The highest BCUT2D eigenvalue weighted by molar-refractivity contribution is 5.77. The summed E-state index contributed by atoms with van der Waals surface area (Å²) in [6, 6.07) is 0.354. The van der Waals surface area contributed by atoms with Crippen molar-refractivity contribution < 1.29 is 9.53 Å². The van der Waals surface area contributed by atoms with Crippen LogP contribution in [0.4, 0.5) is 0 Å². The molecule has 1 aliphatic rings. The molecular weight excluding hydrogens is 204 g/mol. The van der Waals surface area contributed by atoms with Crippen molar-refractivity contribution in [3.05, 3.63) is 0 Å². The van der Waals surface area contributed by atoms with E-state index in [1.54, 1.807) is 0 Å². The summed E-state index contributed by atoms with van der Waals surface area (Å²) in [6.07, 6.45) is 4.87. The first-order valence-corrected chi connectivity index (χ1v) is 6.30. The van der Waals surface area contributed by atoms with Crippen LogP contribution in [-0.2, 0) is 9.53 Å². The molecule has 1 heterocycles. The molecule has 0 bridgehead atoms. The maximum atomic E-state index is 11.4. The van der Waals surface area contributed by atoms with Crippen molar-refractivity contribution in [2.24, 2.45) is 0 Å². The molecule has 0 aromatic carbocycles. The normalized spacial score (nSPS) is 21.1. The summed E-state index contributed by atoms with van der Waals surface area (Å²) in [5.41, 5.74) is 0. The van der Waals surface area contributed by atoms with Gasteiger partial charge in [-0.05, 0) is 25.7 Å². The van der Waals surface area contributed by atoms with Crippen LogP contribution in [-0.4, -0.2) is 37.7 Å². The van der Waals surface area contributed by atoms with Crippen molar-refractivity contribution in [3.63, 3.8) is 0 Å². The van der Waals surface area contributed by atoms with Crippen molar-refractivity contribution in [2.45, 2.75) is 51.7 Å². The second-order valence-electron chi connectivity index (χ2n) is 4.66. The third-order valence-corrected chi connectivity index (χ3v) is 2.73. The van der Waals surface area contributed by atoms with E-state index in [0.29, 0.717) is 18.7 Å². The van der Waals surface area contributed by atoms with Crippen molar-refractivity contribution in [1.29, 1.82) is 0 Å². The Labute approximate surface area is 98.1 Å². The molecule has 0 aromatic rings. The van der Waals surface area contributed by atoms with Gasteiger partial charge < -0.3 is 15.4 Å². The van der Waals surface area contributed by atoms with Gasteiger partial charge >= 0.3 is 0 Å². The first kappa shape index (κ1) is 13.5. The number of hydrogen-bond donors (Lipinski definition) is 2. The van der Waals surface area contributed by atoms with E-state index in [1.807, 2.05) is 13.8 Å². The molecular formula is C12H24N2O2. The van der Waals surface area contributed by atoms with Gasteiger partial charge in [0.1, 0.15) is 0 Å².